The van der Waals surface area contributed by atoms with Crippen molar-refractivity contribution in [3.8, 4) is 0 Å². The van der Waals surface area contributed by atoms with E-state index in [1.165, 1.54) is 12.1 Å². The van der Waals surface area contributed by atoms with Crippen LogP contribution in [0, 0.1) is 12.7 Å². The summed E-state index contributed by atoms with van der Waals surface area (Å²) >= 11 is 3.36. The van der Waals surface area contributed by atoms with Crippen LogP contribution in [0.4, 0.5) is 4.39 Å². The summed E-state index contributed by atoms with van der Waals surface area (Å²) in [6.45, 7) is 1.98. The van der Waals surface area contributed by atoms with Crippen molar-refractivity contribution in [3.63, 3.8) is 0 Å². The van der Waals surface area contributed by atoms with E-state index >= 15 is 0 Å². The molecule has 0 radical (unpaired) electrons. The lowest BCUT2D eigenvalue weighted by Gasteiger charge is -2.25. The molecule has 0 bridgehead atoms. The highest BCUT2D eigenvalue weighted by Gasteiger charge is 2.20. The predicted molar refractivity (Wildman–Crippen MR) is 96.9 cm³/mol. The number of nitrogens with one attached hydrogen (secondary N) is 1. The predicted octanol–water partition coefficient (Wildman–Crippen LogP) is 3.48. The van der Waals surface area contributed by atoms with Crippen LogP contribution in [-0.2, 0) is 10.0 Å². The fourth-order valence-electron chi connectivity index (χ4n) is 2.37. The molecular formula is C17H20BrFN2O2S. The fourth-order valence-corrected chi connectivity index (χ4v) is 3.74. The van der Waals surface area contributed by atoms with E-state index in [2.05, 4.69) is 20.7 Å². The van der Waals surface area contributed by atoms with Gasteiger partial charge in [-0.2, -0.15) is 0 Å². The third kappa shape index (κ3) is 4.63. The van der Waals surface area contributed by atoms with Crippen LogP contribution in [0.2, 0.25) is 0 Å². The number of benzene rings is 2. The average molecular weight is 415 g/mol. The van der Waals surface area contributed by atoms with Crippen molar-refractivity contribution in [2.24, 2.45) is 0 Å². The summed E-state index contributed by atoms with van der Waals surface area (Å²) in [6.07, 6.45) is 0. The van der Waals surface area contributed by atoms with Crippen LogP contribution in [0.3, 0.4) is 0 Å². The highest BCUT2D eigenvalue weighted by molar-refractivity contribution is 9.10. The van der Waals surface area contributed by atoms with Crippen molar-refractivity contribution >= 4 is 26.0 Å². The standard InChI is InChI=1S/C17H20BrFN2O2S/c1-12-9-15(7-8-16(12)18)24(22,23)20-11-17(21(2)3)13-5-4-6-14(19)10-13/h4-10,17,20H,11H2,1-3H3. The number of rotatable bonds is 6. The number of nitrogens with zero attached hydrogens (tertiary/aromatic N) is 1. The van der Waals surface area contributed by atoms with Crippen LogP contribution in [0.25, 0.3) is 0 Å². The van der Waals surface area contributed by atoms with E-state index < -0.39 is 10.0 Å². The van der Waals surface area contributed by atoms with Crippen LogP contribution in [0.5, 0.6) is 0 Å². The second kappa shape index (κ2) is 7.74. The maximum atomic E-state index is 13.5. The van der Waals surface area contributed by atoms with Gasteiger partial charge in [-0.15, -0.1) is 0 Å². The van der Waals surface area contributed by atoms with Crippen LogP contribution in [0.1, 0.15) is 17.2 Å². The molecule has 0 aliphatic heterocycles. The smallest absolute Gasteiger partial charge is 0.240 e. The summed E-state index contributed by atoms with van der Waals surface area (Å²) in [5.41, 5.74) is 1.56. The quantitative estimate of drug-likeness (QED) is 0.786. The maximum Gasteiger partial charge on any atom is 0.240 e. The summed E-state index contributed by atoms with van der Waals surface area (Å²) in [5, 5.41) is 0. The number of likely N-dealkylation sites (N-methyl/N-ethyl adjacent to an activating group) is 1. The third-order valence-corrected chi connectivity index (χ3v) is 6.07. The topological polar surface area (TPSA) is 49.4 Å². The van der Waals surface area contributed by atoms with Gasteiger partial charge in [0, 0.05) is 17.1 Å². The van der Waals surface area contributed by atoms with E-state index in [9.17, 15) is 12.8 Å². The first-order valence-corrected chi connectivity index (χ1v) is 9.66. The average Bonchev–Trinajstić information content (AvgIpc) is 2.49. The number of aryl methyl sites for hydroxylation is 1. The fraction of sp³-hybridized carbons (Fsp3) is 0.294. The van der Waals surface area contributed by atoms with Gasteiger partial charge >= 0.3 is 0 Å². The Balaban J connectivity index is 2.20. The lowest BCUT2D eigenvalue weighted by Crippen LogP contribution is -2.34. The molecule has 130 valence electrons. The normalized spacial score (nSPS) is 13.2. The first-order chi connectivity index (χ1) is 11.2. The van der Waals surface area contributed by atoms with Crippen LogP contribution < -0.4 is 4.72 Å². The molecule has 4 nitrogen and oxygen atoms in total. The first kappa shape index (κ1) is 19.1. The molecule has 0 saturated heterocycles. The zero-order valence-electron chi connectivity index (χ0n) is 13.8. The number of hydrogen-bond donors (Lipinski definition) is 1. The second-order valence-corrected chi connectivity index (χ2v) is 8.42. The van der Waals surface area contributed by atoms with Gasteiger partial charge in [0.2, 0.25) is 10.0 Å². The van der Waals surface area contributed by atoms with E-state index in [1.54, 1.807) is 30.3 Å². The molecule has 2 aromatic carbocycles. The summed E-state index contributed by atoms with van der Waals surface area (Å²) < 4.78 is 41.9. The van der Waals surface area contributed by atoms with Gasteiger partial charge in [0.15, 0.2) is 0 Å². The third-order valence-electron chi connectivity index (χ3n) is 3.76. The van der Waals surface area contributed by atoms with Crippen LogP contribution in [-0.4, -0.2) is 34.0 Å². The lowest BCUT2D eigenvalue weighted by molar-refractivity contribution is 0.299. The highest BCUT2D eigenvalue weighted by Crippen LogP contribution is 2.22. The number of halogens is 2. The Morgan fingerprint density at radius 3 is 2.50 bits per heavy atom. The lowest BCUT2D eigenvalue weighted by atomic mass is 10.1. The molecular weight excluding hydrogens is 395 g/mol. The van der Waals surface area contributed by atoms with E-state index in [1.807, 2.05) is 25.9 Å². The molecule has 24 heavy (non-hydrogen) atoms. The van der Waals surface area contributed by atoms with E-state index in [0.717, 1.165) is 15.6 Å². The van der Waals surface area contributed by atoms with Gasteiger partial charge in [-0.25, -0.2) is 17.5 Å². The summed E-state index contributed by atoms with van der Waals surface area (Å²) in [4.78, 5) is 2.06. The van der Waals surface area contributed by atoms with Crippen LogP contribution in [0.15, 0.2) is 51.8 Å². The van der Waals surface area contributed by atoms with E-state index in [4.69, 9.17) is 0 Å². The van der Waals surface area contributed by atoms with E-state index in [0.29, 0.717) is 0 Å². The Morgan fingerprint density at radius 2 is 1.92 bits per heavy atom. The van der Waals surface area contributed by atoms with Gasteiger partial charge in [0.25, 0.3) is 0 Å². The molecule has 2 aromatic rings. The Bertz CT molecular complexity index is 825. The SMILES string of the molecule is Cc1cc(S(=O)(=O)NCC(c2cccc(F)c2)N(C)C)ccc1Br. The van der Waals surface area contributed by atoms with Gasteiger partial charge in [-0.1, -0.05) is 28.1 Å². The molecule has 2 rings (SSSR count). The first-order valence-electron chi connectivity index (χ1n) is 7.38. The largest absolute Gasteiger partial charge is 0.301 e. The zero-order chi connectivity index (χ0) is 17.9. The van der Waals surface area contributed by atoms with Crippen molar-refractivity contribution in [3.05, 3.63) is 63.9 Å². The number of sulfonamides is 1. The molecule has 0 spiro atoms. The van der Waals surface area contributed by atoms with Crippen LogP contribution >= 0.6 is 15.9 Å². The molecule has 0 aliphatic rings. The van der Waals surface area contributed by atoms with Gasteiger partial charge < -0.3 is 4.90 Å². The summed E-state index contributed by atoms with van der Waals surface area (Å²) in [6, 6.07) is 10.8. The van der Waals surface area contributed by atoms with Gasteiger partial charge in [0.05, 0.1) is 4.90 Å². The van der Waals surface area contributed by atoms with Crippen molar-refractivity contribution in [2.75, 3.05) is 20.6 Å². The van der Waals surface area contributed by atoms with Crippen molar-refractivity contribution in [1.29, 1.82) is 0 Å². The minimum atomic E-state index is -3.64. The summed E-state index contributed by atoms with van der Waals surface area (Å²) in [5.74, 6) is -0.342. The maximum absolute atomic E-state index is 13.5. The molecule has 7 heteroatoms. The monoisotopic (exact) mass is 414 g/mol. The Kier molecular flexibility index (Phi) is 6.14. The molecule has 1 atom stereocenters. The minimum absolute atomic E-state index is 0.147. The van der Waals surface area contributed by atoms with Gasteiger partial charge in [-0.05, 0) is 62.5 Å². The van der Waals surface area contributed by atoms with Gasteiger partial charge in [-0.3, -0.25) is 0 Å². The molecule has 0 amide bonds. The zero-order valence-corrected chi connectivity index (χ0v) is 16.2. The molecule has 0 aromatic heterocycles. The number of hydrogen-bond acceptors (Lipinski definition) is 3. The van der Waals surface area contributed by atoms with Crippen molar-refractivity contribution < 1.29 is 12.8 Å². The van der Waals surface area contributed by atoms with Crippen molar-refractivity contribution in [2.45, 2.75) is 17.9 Å². The molecule has 1 N–H and O–H groups in total. The molecule has 0 fully saturated rings. The summed E-state index contributed by atoms with van der Waals surface area (Å²) in [7, 11) is 0.0166. The molecule has 1 unspecified atom stereocenters. The Morgan fingerprint density at radius 1 is 1.21 bits per heavy atom. The molecule has 0 saturated carbocycles. The molecule has 0 heterocycles. The minimum Gasteiger partial charge on any atom is -0.301 e. The second-order valence-electron chi connectivity index (χ2n) is 5.80. The molecule has 0 aliphatic carbocycles. The Labute approximate surface area is 150 Å². The Hall–Kier alpha value is -1.28. The van der Waals surface area contributed by atoms with Crippen molar-refractivity contribution in [1.82, 2.24) is 9.62 Å². The van der Waals surface area contributed by atoms with E-state index in [-0.39, 0.29) is 23.3 Å². The highest BCUT2D eigenvalue weighted by atomic mass is 79.9. The van der Waals surface area contributed by atoms with Gasteiger partial charge in [0.1, 0.15) is 5.82 Å².